The molecule has 5 nitrogen and oxygen atoms in total. The molecule has 1 aromatic heterocycles. The molecule has 0 fully saturated rings. The van der Waals surface area contributed by atoms with Crippen LogP contribution in [0.3, 0.4) is 0 Å². The van der Waals surface area contributed by atoms with Crippen LogP contribution >= 0.6 is 11.6 Å². The SMILES string of the molecule is CCOc1ncccc1CNC(=O)N(C)Cc1ccc(Cl)cc1. The molecule has 0 radical (unpaired) electrons. The number of carbonyl (C=O) groups excluding carboxylic acids is 1. The molecule has 0 aliphatic rings. The normalized spacial score (nSPS) is 10.2. The summed E-state index contributed by atoms with van der Waals surface area (Å²) in [6, 6.07) is 11.0. The number of nitrogens with zero attached hydrogens (tertiary/aromatic N) is 2. The quantitative estimate of drug-likeness (QED) is 0.880. The number of hydrogen-bond acceptors (Lipinski definition) is 3. The summed E-state index contributed by atoms with van der Waals surface area (Å²) in [5.74, 6) is 0.552. The Bertz CT molecular complexity index is 647. The van der Waals surface area contributed by atoms with Crippen molar-refractivity contribution in [3.8, 4) is 5.88 Å². The number of urea groups is 1. The van der Waals surface area contributed by atoms with Crippen LogP contribution in [0.25, 0.3) is 0 Å². The van der Waals surface area contributed by atoms with E-state index in [1.165, 1.54) is 0 Å². The van der Waals surface area contributed by atoms with Crippen LogP contribution < -0.4 is 10.1 Å². The molecule has 0 saturated heterocycles. The Balaban J connectivity index is 1.90. The molecule has 6 heteroatoms. The van der Waals surface area contributed by atoms with Crippen molar-refractivity contribution < 1.29 is 9.53 Å². The zero-order valence-electron chi connectivity index (χ0n) is 13.3. The van der Waals surface area contributed by atoms with Crippen molar-refractivity contribution in [1.29, 1.82) is 0 Å². The maximum absolute atomic E-state index is 12.2. The predicted octanol–water partition coefficient (Wildman–Crippen LogP) is 3.48. The summed E-state index contributed by atoms with van der Waals surface area (Å²) in [5, 5.41) is 3.55. The van der Waals surface area contributed by atoms with E-state index in [-0.39, 0.29) is 6.03 Å². The minimum atomic E-state index is -0.161. The molecular weight excluding hydrogens is 314 g/mol. The molecule has 122 valence electrons. The largest absolute Gasteiger partial charge is 0.478 e. The van der Waals surface area contributed by atoms with Crippen LogP contribution in [0, 0.1) is 0 Å². The summed E-state index contributed by atoms with van der Waals surface area (Å²) in [4.78, 5) is 18.0. The number of nitrogens with one attached hydrogen (secondary N) is 1. The number of halogens is 1. The molecule has 0 atom stereocenters. The smallest absolute Gasteiger partial charge is 0.317 e. The van der Waals surface area contributed by atoms with Gasteiger partial charge < -0.3 is 15.0 Å². The second kappa shape index (κ2) is 8.39. The number of ether oxygens (including phenoxy) is 1. The van der Waals surface area contributed by atoms with Crippen LogP contribution in [0.2, 0.25) is 5.02 Å². The first-order valence-electron chi connectivity index (χ1n) is 7.40. The van der Waals surface area contributed by atoms with Crippen molar-refractivity contribution in [2.24, 2.45) is 0 Å². The second-order valence-electron chi connectivity index (χ2n) is 5.04. The van der Waals surface area contributed by atoms with Crippen molar-refractivity contribution >= 4 is 17.6 Å². The second-order valence-corrected chi connectivity index (χ2v) is 5.48. The van der Waals surface area contributed by atoms with E-state index < -0.39 is 0 Å². The molecule has 23 heavy (non-hydrogen) atoms. The van der Waals surface area contributed by atoms with Crippen LogP contribution in [0.5, 0.6) is 5.88 Å². The summed E-state index contributed by atoms with van der Waals surface area (Å²) in [6.45, 7) is 3.31. The number of amides is 2. The van der Waals surface area contributed by atoms with Crippen molar-refractivity contribution in [1.82, 2.24) is 15.2 Å². The Morgan fingerprint density at radius 2 is 2.04 bits per heavy atom. The van der Waals surface area contributed by atoms with E-state index >= 15 is 0 Å². The third-order valence-corrected chi connectivity index (χ3v) is 3.49. The monoisotopic (exact) mass is 333 g/mol. The molecule has 1 heterocycles. The fraction of sp³-hybridized carbons (Fsp3) is 0.294. The van der Waals surface area contributed by atoms with E-state index in [4.69, 9.17) is 16.3 Å². The van der Waals surface area contributed by atoms with E-state index in [2.05, 4.69) is 10.3 Å². The molecule has 0 unspecified atom stereocenters. The molecule has 0 bridgehead atoms. The fourth-order valence-corrected chi connectivity index (χ4v) is 2.19. The number of pyridine rings is 1. The Hall–Kier alpha value is -2.27. The minimum Gasteiger partial charge on any atom is -0.478 e. The van der Waals surface area contributed by atoms with Crippen LogP contribution in [-0.4, -0.2) is 29.6 Å². The van der Waals surface area contributed by atoms with Gasteiger partial charge in [0.1, 0.15) is 0 Å². The van der Waals surface area contributed by atoms with Crippen molar-refractivity contribution in [2.75, 3.05) is 13.7 Å². The lowest BCUT2D eigenvalue weighted by atomic mass is 10.2. The Kier molecular flexibility index (Phi) is 6.23. The number of rotatable bonds is 6. The molecule has 0 spiro atoms. The Morgan fingerprint density at radius 1 is 1.30 bits per heavy atom. The summed E-state index contributed by atoms with van der Waals surface area (Å²) in [7, 11) is 1.75. The summed E-state index contributed by atoms with van der Waals surface area (Å²) >= 11 is 5.86. The third-order valence-electron chi connectivity index (χ3n) is 3.24. The van der Waals surface area contributed by atoms with E-state index in [0.717, 1.165) is 11.1 Å². The lowest BCUT2D eigenvalue weighted by Crippen LogP contribution is -2.36. The van der Waals surface area contributed by atoms with E-state index in [0.29, 0.717) is 30.6 Å². The molecule has 2 rings (SSSR count). The molecule has 0 aliphatic carbocycles. The van der Waals surface area contributed by atoms with Crippen LogP contribution in [-0.2, 0) is 13.1 Å². The highest BCUT2D eigenvalue weighted by Gasteiger charge is 2.11. The van der Waals surface area contributed by atoms with Gasteiger partial charge in [0, 0.05) is 36.9 Å². The van der Waals surface area contributed by atoms with E-state index in [1.54, 1.807) is 18.1 Å². The molecular formula is C17H20ClN3O2. The van der Waals surface area contributed by atoms with Crippen molar-refractivity contribution in [3.63, 3.8) is 0 Å². The van der Waals surface area contributed by atoms with Crippen LogP contribution in [0.15, 0.2) is 42.6 Å². The highest BCUT2D eigenvalue weighted by atomic mass is 35.5. The standard InChI is InChI=1S/C17H20ClN3O2/c1-3-23-16-14(5-4-10-19-16)11-20-17(22)21(2)12-13-6-8-15(18)9-7-13/h4-10H,3,11-12H2,1-2H3,(H,20,22). The number of hydrogen-bond donors (Lipinski definition) is 1. The predicted molar refractivity (Wildman–Crippen MR) is 90.6 cm³/mol. The van der Waals surface area contributed by atoms with Gasteiger partial charge in [-0.1, -0.05) is 29.8 Å². The number of benzene rings is 1. The highest BCUT2D eigenvalue weighted by Crippen LogP contribution is 2.14. The maximum atomic E-state index is 12.2. The van der Waals surface area contributed by atoms with Gasteiger partial charge in [-0.3, -0.25) is 0 Å². The first kappa shape index (κ1) is 17.1. The van der Waals surface area contributed by atoms with Gasteiger partial charge in [-0.2, -0.15) is 0 Å². The maximum Gasteiger partial charge on any atom is 0.317 e. The summed E-state index contributed by atoms with van der Waals surface area (Å²) < 4.78 is 5.45. The molecule has 2 amide bonds. The van der Waals surface area contributed by atoms with Gasteiger partial charge in [0.15, 0.2) is 0 Å². The topological polar surface area (TPSA) is 54.5 Å². The van der Waals surface area contributed by atoms with Gasteiger partial charge in [-0.05, 0) is 30.7 Å². The average molecular weight is 334 g/mol. The summed E-state index contributed by atoms with van der Waals surface area (Å²) in [6.07, 6.45) is 1.67. The van der Waals surface area contributed by atoms with Gasteiger partial charge in [-0.15, -0.1) is 0 Å². The van der Waals surface area contributed by atoms with Crippen molar-refractivity contribution in [3.05, 3.63) is 58.7 Å². The van der Waals surface area contributed by atoms with Gasteiger partial charge in [0.25, 0.3) is 0 Å². The lowest BCUT2D eigenvalue weighted by Gasteiger charge is -2.18. The molecule has 0 saturated carbocycles. The third kappa shape index (κ3) is 5.14. The lowest BCUT2D eigenvalue weighted by molar-refractivity contribution is 0.206. The van der Waals surface area contributed by atoms with E-state index in [1.807, 2.05) is 43.3 Å². The molecule has 0 aliphatic heterocycles. The fourth-order valence-electron chi connectivity index (χ4n) is 2.07. The zero-order chi connectivity index (χ0) is 16.7. The van der Waals surface area contributed by atoms with Gasteiger partial charge in [-0.25, -0.2) is 9.78 Å². The molecule has 1 N–H and O–H groups in total. The average Bonchev–Trinajstić information content (AvgIpc) is 2.56. The van der Waals surface area contributed by atoms with Crippen molar-refractivity contribution in [2.45, 2.75) is 20.0 Å². The highest BCUT2D eigenvalue weighted by molar-refractivity contribution is 6.30. The number of aromatic nitrogens is 1. The van der Waals surface area contributed by atoms with Crippen LogP contribution in [0.4, 0.5) is 4.79 Å². The first-order valence-corrected chi connectivity index (χ1v) is 7.78. The van der Waals surface area contributed by atoms with Gasteiger partial charge in [0.05, 0.1) is 6.61 Å². The zero-order valence-corrected chi connectivity index (χ0v) is 14.0. The van der Waals surface area contributed by atoms with Crippen LogP contribution in [0.1, 0.15) is 18.1 Å². The molecule has 2 aromatic rings. The summed E-state index contributed by atoms with van der Waals surface area (Å²) in [5.41, 5.74) is 1.87. The Labute approximate surface area is 141 Å². The minimum absolute atomic E-state index is 0.161. The van der Waals surface area contributed by atoms with Gasteiger partial charge >= 0.3 is 6.03 Å². The number of carbonyl (C=O) groups is 1. The Morgan fingerprint density at radius 3 is 2.74 bits per heavy atom. The van der Waals surface area contributed by atoms with Gasteiger partial charge in [0.2, 0.25) is 5.88 Å². The molecule has 1 aromatic carbocycles. The van der Waals surface area contributed by atoms with E-state index in [9.17, 15) is 4.79 Å². The first-order chi connectivity index (χ1) is 11.1.